The van der Waals surface area contributed by atoms with Gasteiger partial charge >= 0.3 is 6.18 Å². The number of carbonyl (C=O) groups is 2. The molecule has 0 saturated heterocycles. The summed E-state index contributed by atoms with van der Waals surface area (Å²) in [7, 11) is -8.31. The van der Waals surface area contributed by atoms with Crippen LogP contribution < -0.4 is 30.4 Å². The summed E-state index contributed by atoms with van der Waals surface area (Å²) >= 11 is 17.5. The van der Waals surface area contributed by atoms with Gasteiger partial charge in [-0.15, -0.1) is 0 Å². The van der Waals surface area contributed by atoms with Crippen molar-refractivity contribution in [2.45, 2.75) is 28.8 Å². The van der Waals surface area contributed by atoms with Gasteiger partial charge in [-0.2, -0.15) is 13.2 Å². The fraction of sp³-hybridized carbons (Fsp3) is 0.0732. The molecule has 0 heterocycles. The monoisotopic (exact) mass is 934 g/mol. The molecule has 0 fully saturated rings. The van der Waals surface area contributed by atoms with Crippen LogP contribution in [-0.2, 0) is 48.7 Å². The van der Waals surface area contributed by atoms with Crippen molar-refractivity contribution < 1.29 is 49.1 Å². The summed E-state index contributed by atoms with van der Waals surface area (Å²) in [5.41, 5.74) is 0.688. The Kier molecular flexibility index (Phi) is 15.1. The van der Waals surface area contributed by atoms with Crippen LogP contribution in [0.4, 0.5) is 24.5 Å². The summed E-state index contributed by atoms with van der Waals surface area (Å²) in [5.74, 6) is -0.200. The highest BCUT2D eigenvalue weighted by molar-refractivity contribution is 7.89. The van der Waals surface area contributed by atoms with Crippen molar-refractivity contribution in [3.05, 3.63) is 165 Å². The van der Waals surface area contributed by atoms with E-state index in [0.717, 1.165) is 23.8 Å². The van der Waals surface area contributed by atoms with Gasteiger partial charge in [0, 0.05) is 26.4 Å². The van der Waals surface area contributed by atoms with E-state index in [-0.39, 0.29) is 51.4 Å². The first-order valence-electron chi connectivity index (χ1n) is 17.3. The van der Waals surface area contributed by atoms with E-state index in [9.17, 15) is 39.6 Å². The zero-order valence-electron chi connectivity index (χ0n) is 31.1. The molecule has 0 aliphatic carbocycles. The molecule has 318 valence electrons. The van der Waals surface area contributed by atoms with Gasteiger partial charge in [0.2, 0.25) is 31.9 Å². The Morgan fingerprint density at radius 1 is 0.525 bits per heavy atom. The molecule has 6 aromatic carbocycles. The number of alkyl halides is 3. The largest absolute Gasteiger partial charge is 0.456 e. The van der Waals surface area contributed by atoms with E-state index >= 15 is 0 Å². The number of amides is 2. The highest BCUT2D eigenvalue weighted by Gasteiger charge is 2.30. The predicted molar refractivity (Wildman–Crippen MR) is 226 cm³/mol. The zero-order chi connectivity index (χ0) is 44.5. The minimum Gasteiger partial charge on any atom is -0.456 e. The average molecular weight is 936 g/mol. The standard InChI is InChI=1S/C21H16ClF3N2O4S.C20H16Cl2N2O4S/c22-15-5-8-17(9-6-15)31-18-10-7-16(12-19(18)32(26,29)30)27-20(28)11-13-1-3-14(4-2-13)21(23,24)25;21-14-3-1-13(2-4-14)11-20(25)24-16-7-10-18(19(12-16)29(23,26)27)28-17-8-5-15(22)6-9-17/h1-10,12H,11H2,(H,27,28)(H2,26,29,30);1-10,12H,11H2,(H,24,25)(H2,23,26,27). The van der Waals surface area contributed by atoms with Gasteiger partial charge in [0.05, 0.1) is 18.4 Å². The lowest BCUT2D eigenvalue weighted by atomic mass is 10.1. The Labute approximate surface area is 363 Å². The Bertz CT molecular complexity index is 2750. The molecule has 0 atom stereocenters. The fourth-order valence-corrected chi connectivity index (χ4v) is 6.98. The first kappa shape index (κ1) is 46.4. The van der Waals surface area contributed by atoms with Gasteiger partial charge in [0.1, 0.15) is 32.8 Å². The topological polar surface area (TPSA) is 197 Å². The van der Waals surface area contributed by atoms with Gasteiger partial charge in [-0.05, 0) is 120 Å². The first-order valence-corrected chi connectivity index (χ1v) is 21.6. The van der Waals surface area contributed by atoms with E-state index in [1.165, 1.54) is 54.6 Å². The molecule has 2 amide bonds. The molecule has 12 nitrogen and oxygen atoms in total. The fourth-order valence-electron chi connectivity index (χ4n) is 5.24. The molecule has 0 bridgehead atoms. The molecule has 6 rings (SSSR count). The van der Waals surface area contributed by atoms with Crippen molar-refractivity contribution >= 4 is 78.0 Å². The Balaban J connectivity index is 0.000000232. The average Bonchev–Trinajstić information content (AvgIpc) is 3.18. The Morgan fingerprint density at radius 3 is 1.18 bits per heavy atom. The number of benzene rings is 6. The number of nitrogens with two attached hydrogens (primary N) is 2. The second-order valence-corrected chi connectivity index (χ2v) is 17.2. The van der Waals surface area contributed by atoms with Crippen molar-refractivity contribution in [2.75, 3.05) is 10.6 Å². The van der Waals surface area contributed by atoms with E-state index in [4.69, 9.17) is 54.6 Å². The lowest BCUT2D eigenvalue weighted by Crippen LogP contribution is -2.17. The van der Waals surface area contributed by atoms with Crippen LogP contribution in [0.1, 0.15) is 16.7 Å². The molecule has 20 heteroatoms. The summed E-state index contributed by atoms with van der Waals surface area (Å²) in [6.45, 7) is 0. The maximum atomic E-state index is 12.6. The quantitative estimate of drug-likeness (QED) is 0.0930. The number of hydrogen-bond donors (Lipinski definition) is 4. The predicted octanol–water partition coefficient (Wildman–Crippen LogP) is 9.59. The van der Waals surface area contributed by atoms with E-state index in [2.05, 4.69) is 10.6 Å². The van der Waals surface area contributed by atoms with Crippen LogP contribution in [0.2, 0.25) is 15.1 Å². The van der Waals surface area contributed by atoms with Gasteiger partial charge in [-0.1, -0.05) is 59.1 Å². The maximum absolute atomic E-state index is 12.6. The Morgan fingerprint density at radius 2 is 0.852 bits per heavy atom. The third-order valence-electron chi connectivity index (χ3n) is 8.07. The number of halogens is 6. The van der Waals surface area contributed by atoms with Gasteiger partial charge < -0.3 is 20.1 Å². The van der Waals surface area contributed by atoms with Crippen LogP contribution in [0.15, 0.2) is 143 Å². The minimum absolute atomic E-state index is 0.0329. The van der Waals surface area contributed by atoms with Gasteiger partial charge in [0.25, 0.3) is 0 Å². The van der Waals surface area contributed by atoms with Crippen LogP contribution in [0, 0.1) is 0 Å². The summed E-state index contributed by atoms with van der Waals surface area (Å²) in [6.07, 6.45) is -4.59. The number of primary sulfonamides is 2. The third-order valence-corrected chi connectivity index (χ3v) is 10.7. The minimum atomic E-state index is -4.47. The Hall–Kier alpha value is -5.66. The molecule has 0 unspecified atom stereocenters. The lowest BCUT2D eigenvalue weighted by molar-refractivity contribution is -0.137. The third kappa shape index (κ3) is 14.2. The molecule has 0 aliphatic rings. The number of rotatable bonds is 12. The zero-order valence-corrected chi connectivity index (χ0v) is 35.0. The first-order chi connectivity index (χ1) is 28.6. The number of sulfonamides is 2. The summed E-state index contributed by atoms with van der Waals surface area (Å²) in [6, 6.07) is 31.7. The molecule has 0 radical (unpaired) electrons. The molecular weight excluding hydrogens is 904 g/mol. The molecule has 0 aliphatic heterocycles. The summed E-state index contributed by atoms with van der Waals surface area (Å²) < 4.78 is 97.1. The van der Waals surface area contributed by atoms with Crippen molar-refractivity contribution in [1.29, 1.82) is 0 Å². The SMILES string of the molecule is NS(=O)(=O)c1cc(NC(=O)Cc2ccc(C(F)(F)F)cc2)ccc1Oc1ccc(Cl)cc1.NS(=O)(=O)c1cc(NC(=O)Cc2ccc(Cl)cc2)ccc1Oc1ccc(Cl)cc1. The highest BCUT2D eigenvalue weighted by Crippen LogP contribution is 2.33. The number of carbonyl (C=O) groups excluding carboxylic acids is 2. The van der Waals surface area contributed by atoms with Crippen LogP contribution in [-0.4, -0.2) is 28.6 Å². The number of hydrogen-bond acceptors (Lipinski definition) is 8. The smallest absolute Gasteiger partial charge is 0.416 e. The highest BCUT2D eigenvalue weighted by atomic mass is 35.5. The van der Waals surface area contributed by atoms with Gasteiger partial charge in [0.15, 0.2) is 0 Å². The van der Waals surface area contributed by atoms with Crippen molar-refractivity contribution in [3.8, 4) is 23.0 Å². The van der Waals surface area contributed by atoms with E-state index < -0.39 is 37.7 Å². The molecular formula is C41H32Cl3F3N4O8S2. The molecule has 0 spiro atoms. The van der Waals surface area contributed by atoms with E-state index in [0.29, 0.717) is 32.1 Å². The van der Waals surface area contributed by atoms with Crippen LogP contribution in [0.5, 0.6) is 23.0 Å². The molecule has 0 saturated carbocycles. The number of ether oxygens (including phenoxy) is 2. The maximum Gasteiger partial charge on any atom is 0.416 e. The van der Waals surface area contributed by atoms with Crippen LogP contribution in [0.25, 0.3) is 0 Å². The summed E-state index contributed by atoms with van der Waals surface area (Å²) in [4.78, 5) is 23.9. The van der Waals surface area contributed by atoms with Crippen molar-refractivity contribution in [2.24, 2.45) is 10.3 Å². The lowest BCUT2D eigenvalue weighted by Gasteiger charge is -2.13. The second-order valence-electron chi connectivity index (χ2n) is 12.8. The molecule has 6 aromatic rings. The van der Waals surface area contributed by atoms with Gasteiger partial charge in [-0.25, -0.2) is 27.1 Å². The van der Waals surface area contributed by atoms with E-state index in [1.54, 1.807) is 60.7 Å². The normalized spacial score (nSPS) is 11.5. The van der Waals surface area contributed by atoms with Crippen molar-refractivity contribution in [3.63, 3.8) is 0 Å². The molecule has 61 heavy (non-hydrogen) atoms. The molecule has 0 aromatic heterocycles. The molecule has 6 N–H and O–H groups in total. The van der Waals surface area contributed by atoms with E-state index in [1.807, 2.05) is 0 Å². The van der Waals surface area contributed by atoms with Crippen LogP contribution >= 0.6 is 34.8 Å². The van der Waals surface area contributed by atoms with Crippen LogP contribution in [0.3, 0.4) is 0 Å². The van der Waals surface area contributed by atoms with Crippen molar-refractivity contribution in [1.82, 2.24) is 0 Å². The summed E-state index contributed by atoms with van der Waals surface area (Å²) in [5, 5.41) is 17.3. The second kappa shape index (κ2) is 19.8. The number of nitrogens with one attached hydrogen (secondary N) is 2. The number of anilines is 2. The van der Waals surface area contributed by atoms with Gasteiger partial charge in [-0.3, -0.25) is 9.59 Å².